The van der Waals surface area contributed by atoms with Gasteiger partial charge in [0.15, 0.2) is 0 Å². The fourth-order valence-corrected chi connectivity index (χ4v) is 3.04. The molecule has 22 heavy (non-hydrogen) atoms. The lowest BCUT2D eigenvalue weighted by Gasteiger charge is -2.36. The first-order valence-electron chi connectivity index (χ1n) is 7.06. The van der Waals surface area contributed by atoms with E-state index in [0.717, 1.165) is 10.0 Å². The van der Waals surface area contributed by atoms with Crippen molar-refractivity contribution in [2.45, 2.75) is 19.1 Å². The molecule has 120 valence electrons. The number of carbonyl (C=O) groups excluding carboxylic acids is 1. The third-order valence-corrected chi connectivity index (χ3v) is 4.27. The van der Waals surface area contributed by atoms with Crippen molar-refractivity contribution in [3.63, 3.8) is 0 Å². The van der Waals surface area contributed by atoms with Crippen LogP contribution in [-0.4, -0.2) is 54.2 Å². The van der Waals surface area contributed by atoms with Gasteiger partial charge in [-0.05, 0) is 11.6 Å². The fraction of sp³-hybridized carbons (Fsp3) is 0.467. The number of hydrogen-bond donors (Lipinski definition) is 2. The minimum absolute atomic E-state index is 0.124. The normalized spacial score (nSPS) is 20.4. The third-order valence-electron chi connectivity index (χ3n) is 3.55. The van der Waals surface area contributed by atoms with Crippen LogP contribution in [0.2, 0.25) is 0 Å². The second-order valence-electron chi connectivity index (χ2n) is 5.19. The summed E-state index contributed by atoms with van der Waals surface area (Å²) in [4.78, 5) is 24.6. The number of nitrogens with zero attached hydrogens (tertiary/aromatic N) is 1. The predicted molar refractivity (Wildman–Crippen MR) is 84.5 cm³/mol. The Morgan fingerprint density at radius 2 is 2.23 bits per heavy atom. The molecule has 1 amide bonds. The average molecular weight is 371 g/mol. The van der Waals surface area contributed by atoms with E-state index in [-0.39, 0.29) is 12.0 Å². The lowest BCUT2D eigenvalue weighted by atomic mass is 10.0. The van der Waals surface area contributed by atoms with E-state index in [4.69, 9.17) is 4.74 Å². The molecule has 1 saturated heterocycles. The highest BCUT2D eigenvalue weighted by Crippen LogP contribution is 2.29. The minimum Gasteiger partial charge on any atom is -0.480 e. The maximum absolute atomic E-state index is 11.8. The molecule has 1 aromatic rings. The van der Waals surface area contributed by atoms with E-state index in [1.54, 1.807) is 6.07 Å². The Bertz CT molecular complexity index is 552. The zero-order valence-electron chi connectivity index (χ0n) is 12.3. The monoisotopic (exact) mass is 370 g/mol. The largest absolute Gasteiger partial charge is 0.480 e. The molecule has 2 rings (SSSR count). The molecule has 0 aromatic heterocycles. The van der Waals surface area contributed by atoms with Crippen molar-refractivity contribution >= 4 is 27.8 Å². The molecule has 1 aliphatic heterocycles. The second kappa shape index (κ2) is 7.71. The first-order chi connectivity index (χ1) is 10.5. The minimum atomic E-state index is -0.896. The summed E-state index contributed by atoms with van der Waals surface area (Å²) in [5.41, 5.74) is 0.718. The summed E-state index contributed by atoms with van der Waals surface area (Å²) in [6.07, 6.45) is -0.206. The van der Waals surface area contributed by atoms with Crippen molar-refractivity contribution in [2.75, 3.05) is 26.2 Å². The maximum atomic E-state index is 11.8. The Kier molecular flexibility index (Phi) is 5.93. The number of morpholine rings is 1. The van der Waals surface area contributed by atoms with Gasteiger partial charge in [-0.1, -0.05) is 34.1 Å². The van der Waals surface area contributed by atoms with E-state index in [1.807, 2.05) is 23.1 Å². The SMILES string of the molecule is CC(=O)NCC1CN(C(C(=O)O)c2ccccc2Br)CCO1. The summed E-state index contributed by atoms with van der Waals surface area (Å²) in [6.45, 7) is 3.27. The smallest absolute Gasteiger partial charge is 0.325 e. The van der Waals surface area contributed by atoms with Gasteiger partial charge in [0, 0.05) is 31.0 Å². The van der Waals surface area contributed by atoms with E-state index < -0.39 is 12.0 Å². The van der Waals surface area contributed by atoms with E-state index in [9.17, 15) is 14.7 Å². The summed E-state index contributed by atoms with van der Waals surface area (Å²) in [5, 5.41) is 12.3. The number of aliphatic carboxylic acids is 1. The molecule has 0 saturated carbocycles. The van der Waals surface area contributed by atoms with Gasteiger partial charge in [0.1, 0.15) is 6.04 Å². The van der Waals surface area contributed by atoms with Crippen molar-refractivity contribution in [3.8, 4) is 0 Å². The van der Waals surface area contributed by atoms with Gasteiger partial charge in [-0.2, -0.15) is 0 Å². The molecule has 1 aliphatic rings. The van der Waals surface area contributed by atoms with Crippen molar-refractivity contribution in [1.82, 2.24) is 10.2 Å². The van der Waals surface area contributed by atoms with Crippen LogP contribution in [0.3, 0.4) is 0 Å². The van der Waals surface area contributed by atoms with E-state index in [0.29, 0.717) is 26.2 Å². The molecular weight excluding hydrogens is 352 g/mol. The van der Waals surface area contributed by atoms with Gasteiger partial charge in [-0.15, -0.1) is 0 Å². The summed E-state index contributed by atoms with van der Waals surface area (Å²) in [5.74, 6) is -1.02. The number of hydrogen-bond acceptors (Lipinski definition) is 4. The lowest BCUT2D eigenvalue weighted by Crippen LogP contribution is -2.50. The lowest BCUT2D eigenvalue weighted by molar-refractivity contribution is -0.147. The Hall–Kier alpha value is -1.44. The zero-order chi connectivity index (χ0) is 16.1. The van der Waals surface area contributed by atoms with Gasteiger partial charge < -0.3 is 15.2 Å². The average Bonchev–Trinajstić information content (AvgIpc) is 2.47. The number of ether oxygens (including phenoxy) is 1. The second-order valence-corrected chi connectivity index (χ2v) is 6.04. The molecular formula is C15H19BrN2O4. The van der Waals surface area contributed by atoms with Crippen LogP contribution in [0.5, 0.6) is 0 Å². The molecule has 6 nitrogen and oxygen atoms in total. The van der Waals surface area contributed by atoms with Gasteiger partial charge >= 0.3 is 5.97 Å². The van der Waals surface area contributed by atoms with Gasteiger partial charge in [0.2, 0.25) is 5.91 Å². The standard InChI is InChI=1S/C15H19BrN2O4/c1-10(19)17-8-11-9-18(6-7-22-11)14(15(20)21)12-4-2-3-5-13(12)16/h2-5,11,14H,6-9H2,1H3,(H,17,19)(H,20,21). The summed E-state index contributed by atoms with van der Waals surface area (Å²) in [6, 6.07) is 6.58. The van der Waals surface area contributed by atoms with Crippen LogP contribution in [-0.2, 0) is 14.3 Å². The van der Waals surface area contributed by atoms with Crippen molar-refractivity contribution < 1.29 is 19.4 Å². The predicted octanol–water partition coefficient (Wildman–Crippen LogP) is 1.41. The van der Waals surface area contributed by atoms with Crippen LogP contribution in [0.25, 0.3) is 0 Å². The first kappa shape index (κ1) is 16.9. The van der Waals surface area contributed by atoms with Gasteiger partial charge in [-0.25, -0.2) is 0 Å². The Labute approximate surface area is 137 Å². The van der Waals surface area contributed by atoms with Crippen LogP contribution in [0, 0.1) is 0 Å². The molecule has 0 spiro atoms. The number of carboxylic acids is 1. The molecule has 2 N–H and O–H groups in total. The number of carboxylic acid groups (broad SMARTS) is 1. The fourth-order valence-electron chi connectivity index (χ4n) is 2.54. The van der Waals surface area contributed by atoms with Crippen LogP contribution in [0.15, 0.2) is 28.7 Å². The molecule has 1 heterocycles. The maximum Gasteiger partial charge on any atom is 0.325 e. The summed E-state index contributed by atoms with van der Waals surface area (Å²) >= 11 is 3.42. The number of halogens is 1. The van der Waals surface area contributed by atoms with E-state index >= 15 is 0 Å². The highest BCUT2D eigenvalue weighted by atomic mass is 79.9. The molecule has 7 heteroatoms. The van der Waals surface area contributed by atoms with Gasteiger partial charge in [-0.3, -0.25) is 14.5 Å². The molecule has 1 fully saturated rings. The zero-order valence-corrected chi connectivity index (χ0v) is 13.9. The van der Waals surface area contributed by atoms with Crippen LogP contribution in [0.4, 0.5) is 0 Å². The Balaban J connectivity index is 2.13. The highest BCUT2D eigenvalue weighted by Gasteiger charge is 2.33. The molecule has 0 radical (unpaired) electrons. The van der Waals surface area contributed by atoms with Crippen LogP contribution in [0.1, 0.15) is 18.5 Å². The molecule has 2 unspecified atom stereocenters. The topological polar surface area (TPSA) is 78.9 Å². The first-order valence-corrected chi connectivity index (χ1v) is 7.85. The van der Waals surface area contributed by atoms with Crippen LogP contribution < -0.4 is 5.32 Å². The third kappa shape index (κ3) is 4.28. The number of nitrogens with one attached hydrogen (secondary N) is 1. The molecule has 0 aliphatic carbocycles. The number of carbonyl (C=O) groups is 2. The van der Waals surface area contributed by atoms with Crippen molar-refractivity contribution in [1.29, 1.82) is 0 Å². The number of benzene rings is 1. The highest BCUT2D eigenvalue weighted by molar-refractivity contribution is 9.10. The van der Waals surface area contributed by atoms with Crippen molar-refractivity contribution in [2.24, 2.45) is 0 Å². The summed E-state index contributed by atoms with van der Waals surface area (Å²) < 4.78 is 6.36. The number of amides is 1. The molecule has 0 bridgehead atoms. The van der Waals surface area contributed by atoms with Crippen LogP contribution >= 0.6 is 15.9 Å². The number of rotatable bonds is 5. The summed E-state index contributed by atoms with van der Waals surface area (Å²) in [7, 11) is 0. The molecule has 2 atom stereocenters. The molecule has 1 aromatic carbocycles. The van der Waals surface area contributed by atoms with E-state index in [2.05, 4.69) is 21.2 Å². The van der Waals surface area contributed by atoms with E-state index in [1.165, 1.54) is 6.92 Å². The van der Waals surface area contributed by atoms with Gasteiger partial charge in [0.25, 0.3) is 0 Å². The van der Waals surface area contributed by atoms with Crippen molar-refractivity contribution in [3.05, 3.63) is 34.3 Å². The Morgan fingerprint density at radius 1 is 1.50 bits per heavy atom. The van der Waals surface area contributed by atoms with Gasteiger partial charge in [0.05, 0.1) is 12.7 Å². The quantitative estimate of drug-likeness (QED) is 0.819. The Morgan fingerprint density at radius 3 is 2.86 bits per heavy atom.